The van der Waals surface area contributed by atoms with E-state index < -0.39 is 0 Å². The molecule has 3 aromatic rings. The van der Waals surface area contributed by atoms with Crippen molar-refractivity contribution >= 4 is 17.5 Å². The Morgan fingerprint density at radius 2 is 1.40 bits per heavy atom. The number of carbonyl (C=O) groups excluding carboxylic acids is 3. The predicted molar refractivity (Wildman–Crippen MR) is 224 cm³/mol. The van der Waals surface area contributed by atoms with Crippen LogP contribution in [0.5, 0.6) is 5.75 Å². The number of aromatic nitrogens is 1. The van der Waals surface area contributed by atoms with Crippen LogP contribution in [-0.4, -0.2) is 88.5 Å². The van der Waals surface area contributed by atoms with Gasteiger partial charge in [0.05, 0.1) is 52.8 Å². The number of amides is 1. The Balaban J connectivity index is 1.18. The third kappa shape index (κ3) is 17.6. The van der Waals surface area contributed by atoms with E-state index in [1.807, 2.05) is 31.3 Å². The van der Waals surface area contributed by atoms with Crippen LogP contribution in [0.15, 0.2) is 54.7 Å². The second-order valence-electron chi connectivity index (χ2n) is 15.5. The molecule has 0 radical (unpaired) electrons. The van der Waals surface area contributed by atoms with Crippen molar-refractivity contribution in [2.45, 2.75) is 104 Å². The summed E-state index contributed by atoms with van der Waals surface area (Å²) in [5.74, 6) is 1.14. The average Bonchev–Trinajstić information content (AvgIpc) is 3.19. The summed E-state index contributed by atoms with van der Waals surface area (Å²) in [7, 11) is 0. The summed E-state index contributed by atoms with van der Waals surface area (Å²) in [6.45, 7) is 12.9. The van der Waals surface area contributed by atoms with Gasteiger partial charge in [-0.3, -0.25) is 14.6 Å². The molecular weight excluding hydrogens is 721 g/mol. The summed E-state index contributed by atoms with van der Waals surface area (Å²) in [6.07, 6.45) is 10.3. The van der Waals surface area contributed by atoms with Crippen molar-refractivity contribution in [3.8, 4) is 16.9 Å². The Hall–Kier alpha value is -3.96. The summed E-state index contributed by atoms with van der Waals surface area (Å²) >= 11 is 0. The molecule has 10 nitrogen and oxygen atoms in total. The molecule has 0 unspecified atom stereocenters. The van der Waals surface area contributed by atoms with Crippen LogP contribution >= 0.6 is 0 Å². The number of hydrogen-bond donors (Lipinski definition) is 1. The summed E-state index contributed by atoms with van der Waals surface area (Å²) < 4.78 is 28.7. The van der Waals surface area contributed by atoms with Gasteiger partial charge in [0.1, 0.15) is 18.1 Å². The molecule has 1 aliphatic rings. The van der Waals surface area contributed by atoms with Crippen molar-refractivity contribution in [2.75, 3.05) is 66.0 Å². The van der Waals surface area contributed by atoms with E-state index in [0.29, 0.717) is 65.2 Å². The third-order valence-electron chi connectivity index (χ3n) is 10.2. The molecular formula is C47H66N2O8. The fraction of sp³-hybridized carbons (Fsp3) is 0.574. The van der Waals surface area contributed by atoms with Crippen molar-refractivity contribution in [1.29, 1.82) is 0 Å². The number of pyridine rings is 1. The summed E-state index contributed by atoms with van der Waals surface area (Å²) in [5.41, 5.74) is 8.03. The number of ether oxygens (including phenoxy) is 5. The molecule has 0 fully saturated rings. The highest BCUT2D eigenvalue weighted by Gasteiger charge is 2.21. The summed E-state index contributed by atoms with van der Waals surface area (Å²) in [4.78, 5) is 42.1. The van der Waals surface area contributed by atoms with Gasteiger partial charge in [-0.05, 0) is 129 Å². The van der Waals surface area contributed by atoms with E-state index in [4.69, 9.17) is 23.7 Å². The van der Waals surface area contributed by atoms with Crippen molar-refractivity contribution < 1.29 is 38.1 Å². The third-order valence-corrected chi connectivity index (χ3v) is 10.2. The largest absolute Gasteiger partial charge is 0.491 e. The first-order chi connectivity index (χ1) is 27.7. The second-order valence-corrected chi connectivity index (χ2v) is 15.5. The molecule has 0 spiro atoms. The lowest BCUT2D eigenvalue weighted by Crippen LogP contribution is -2.30. The number of hydrogen-bond acceptors (Lipinski definition) is 9. The number of aryl methyl sites for hydroxylation is 2. The van der Waals surface area contributed by atoms with Crippen molar-refractivity contribution in [3.63, 3.8) is 0 Å². The van der Waals surface area contributed by atoms with E-state index in [0.717, 1.165) is 80.5 Å². The zero-order valence-electron chi connectivity index (χ0n) is 34.9. The first-order valence-electron chi connectivity index (χ1n) is 21.1. The monoisotopic (exact) mass is 786 g/mol. The molecule has 1 heterocycles. The molecule has 0 bridgehead atoms. The molecule has 0 saturated carbocycles. The summed E-state index contributed by atoms with van der Waals surface area (Å²) in [6, 6.07) is 16.5. The molecule has 1 aromatic heterocycles. The quantitative estimate of drug-likeness (QED) is 0.0699. The van der Waals surface area contributed by atoms with E-state index >= 15 is 0 Å². The fourth-order valence-electron chi connectivity index (χ4n) is 7.08. The van der Waals surface area contributed by atoms with Gasteiger partial charge >= 0.3 is 0 Å². The maximum Gasteiger partial charge on any atom is 0.220 e. The smallest absolute Gasteiger partial charge is 0.220 e. The van der Waals surface area contributed by atoms with Crippen molar-refractivity contribution in [3.05, 3.63) is 82.7 Å². The molecule has 10 heteroatoms. The van der Waals surface area contributed by atoms with Gasteiger partial charge < -0.3 is 33.8 Å². The number of carbonyl (C=O) groups is 3. The number of unbranched alkanes of at least 4 members (excludes halogenated alkanes) is 1. The second kappa shape index (κ2) is 26.1. The van der Waals surface area contributed by atoms with E-state index in [1.54, 1.807) is 6.92 Å². The van der Waals surface area contributed by atoms with Crippen LogP contribution in [0, 0.1) is 12.8 Å². The molecule has 1 atom stereocenters. The Kier molecular flexibility index (Phi) is 21.0. The van der Waals surface area contributed by atoms with Crippen LogP contribution in [0.3, 0.4) is 0 Å². The highest BCUT2D eigenvalue weighted by atomic mass is 16.6. The van der Waals surface area contributed by atoms with E-state index in [9.17, 15) is 14.4 Å². The zero-order valence-corrected chi connectivity index (χ0v) is 34.9. The maximum absolute atomic E-state index is 13.0. The van der Waals surface area contributed by atoms with Crippen LogP contribution in [0.4, 0.5) is 0 Å². The highest BCUT2D eigenvalue weighted by Crippen LogP contribution is 2.38. The Bertz CT molecular complexity index is 1660. The number of fused-ring (bicyclic) bond motifs is 1. The van der Waals surface area contributed by atoms with Gasteiger partial charge in [-0.15, -0.1) is 0 Å². The molecule has 312 valence electrons. The minimum Gasteiger partial charge on any atom is -0.491 e. The van der Waals surface area contributed by atoms with E-state index in [1.165, 1.54) is 22.3 Å². The van der Waals surface area contributed by atoms with Crippen LogP contribution < -0.4 is 10.1 Å². The topological polar surface area (TPSA) is 122 Å². The normalized spacial score (nSPS) is 13.0. The SMILES string of the molecule is CC(=O)C[C@H](CC(=O)CNC(=O)CCCCc1cc(C)ccn1)c1ccc(-c2ccc(OCCOCCOCCOCCOCCC(C)C)c3c2CCCC3)cc1. The fourth-order valence-corrected chi connectivity index (χ4v) is 7.08. The lowest BCUT2D eigenvalue weighted by molar-refractivity contribution is -0.125. The minimum atomic E-state index is -0.245. The van der Waals surface area contributed by atoms with Crippen molar-refractivity contribution in [2.24, 2.45) is 5.92 Å². The molecule has 2 aromatic carbocycles. The number of rotatable bonds is 29. The van der Waals surface area contributed by atoms with Gasteiger partial charge in [0, 0.05) is 37.8 Å². The zero-order chi connectivity index (χ0) is 40.7. The maximum atomic E-state index is 13.0. The van der Waals surface area contributed by atoms with Crippen LogP contribution in [0.2, 0.25) is 0 Å². The van der Waals surface area contributed by atoms with E-state index in [2.05, 4.69) is 54.5 Å². The van der Waals surface area contributed by atoms with E-state index in [-0.39, 0.29) is 42.8 Å². The Morgan fingerprint density at radius 1 is 0.754 bits per heavy atom. The number of nitrogens with zero attached hydrogens (tertiary/aromatic N) is 1. The van der Waals surface area contributed by atoms with Crippen LogP contribution in [-0.2, 0) is 52.6 Å². The van der Waals surface area contributed by atoms with Crippen LogP contribution in [0.25, 0.3) is 11.1 Å². The minimum absolute atomic E-state index is 0.0302. The molecule has 0 aliphatic heterocycles. The number of benzene rings is 2. The molecule has 1 aliphatic carbocycles. The predicted octanol–water partition coefficient (Wildman–Crippen LogP) is 7.98. The molecule has 4 rings (SSSR count). The number of Topliss-reactive ketones (excluding diaryl/α,β-unsaturated/α-hetero) is 2. The van der Waals surface area contributed by atoms with Gasteiger partial charge in [-0.2, -0.15) is 0 Å². The molecule has 1 N–H and O–H groups in total. The summed E-state index contributed by atoms with van der Waals surface area (Å²) in [5, 5.41) is 2.79. The van der Waals surface area contributed by atoms with Gasteiger partial charge in [0.25, 0.3) is 0 Å². The van der Waals surface area contributed by atoms with Crippen LogP contribution in [0.1, 0.15) is 106 Å². The first kappa shape index (κ1) is 45.7. The molecule has 57 heavy (non-hydrogen) atoms. The average molecular weight is 787 g/mol. The molecule has 0 saturated heterocycles. The highest BCUT2D eigenvalue weighted by molar-refractivity contribution is 5.87. The number of ketones is 2. The number of nitrogens with one attached hydrogen (secondary N) is 1. The first-order valence-corrected chi connectivity index (χ1v) is 21.1. The van der Waals surface area contributed by atoms with Gasteiger partial charge in [-0.25, -0.2) is 0 Å². The lowest BCUT2D eigenvalue weighted by Gasteiger charge is -2.23. The van der Waals surface area contributed by atoms with Gasteiger partial charge in [0.2, 0.25) is 5.91 Å². The van der Waals surface area contributed by atoms with Gasteiger partial charge in [0.15, 0.2) is 5.78 Å². The molecule has 1 amide bonds. The van der Waals surface area contributed by atoms with Crippen molar-refractivity contribution in [1.82, 2.24) is 10.3 Å². The lowest BCUT2D eigenvalue weighted by atomic mass is 9.84. The Morgan fingerprint density at radius 3 is 2.05 bits per heavy atom. The van der Waals surface area contributed by atoms with Gasteiger partial charge in [-0.1, -0.05) is 44.2 Å². The standard InChI is InChI=1S/C47H66N2O8/c1-35(2)20-22-53-23-24-54-25-26-55-27-28-56-29-30-57-46-18-17-43(44-10-6-7-11-45(44)46)39-15-13-38(14-16-39)40(32-37(4)50)33-42(51)34-49-47(52)12-8-5-9-41-31-36(3)19-21-48-41/h13-19,21,31,35,40H,5-12,20,22-30,32-34H2,1-4H3,(H,49,52)/t40-/m1/s1. The Labute approximate surface area is 340 Å².